The van der Waals surface area contributed by atoms with Crippen LogP contribution in [0.3, 0.4) is 0 Å². The van der Waals surface area contributed by atoms with Crippen molar-refractivity contribution >= 4 is 36.6 Å². The Morgan fingerprint density at radius 2 is 1.23 bits per heavy atom. The van der Waals surface area contributed by atoms with Crippen molar-refractivity contribution in [2.75, 3.05) is 39.8 Å². The van der Waals surface area contributed by atoms with Crippen LogP contribution in [0.4, 0.5) is 4.79 Å². The van der Waals surface area contributed by atoms with Gasteiger partial charge in [0.1, 0.15) is 6.61 Å². The van der Waals surface area contributed by atoms with Crippen LogP contribution in [0.1, 0.15) is 199 Å². The van der Waals surface area contributed by atoms with Gasteiger partial charge in [0.05, 0.1) is 25.2 Å². The van der Waals surface area contributed by atoms with E-state index in [-0.39, 0.29) is 53.9 Å². The van der Waals surface area contributed by atoms with E-state index in [9.17, 15) is 19.4 Å². The molecule has 4 aliphatic rings. The molecule has 94 heavy (non-hydrogen) atoms. The largest absolute Gasteiger partial charge is 0.491 e. The Kier molecular flexibility index (Phi) is 28.3. The molecule has 5 heterocycles. The number of amides is 1. The first-order chi connectivity index (χ1) is 45.1. The van der Waals surface area contributed by atoms with Crippen LogP contribution < -0.4 is 5.46 Å². The highest BCUT2D eigenvalue weighted by atomic mass is 16.6. The number of carbonyl (C=O) groups is 3. The zero-order valence-corrected chi connectivity index (χ0v) is 57.7. The lowest BCUT2D eigenvalue weighted by Gasteiger charge is -2.23. The summed E-state index contributed by atoms with van der Waals surface area (Å²) in [5.41, 5.74) is 15.0. The molecule has 498 valence electrons. The first-order valence-electron chi connectivity index (χ1n) is 33.8. The molecular formula is C80H101BN4O9. The fourth-order valence-corrected chi connectivity index (χ4v) is 13.0. The van der Waals surface area contributed by atoms with Crippen LogP contribution in [0.2, 0.25) is 0 Å². The molecule has 1 amide bonds. The summed E-state index contributed by atoms with van der Waals surface area (Å²) in [4.78, 5) is 64.6. The topological polar surface area (TPSA) is 156 Å². The van der Waals surface area contributed by atoms with Gasteiger partial charge in [-0.3, -0.25) is 29.3 Å². The number of ketones is 1. The third-order valence-electron chi connectivity index (χ3n) is 18.6. The summed E-state index contributed by atoms with van der Waals surface area (Å²) < 4.78 is 16.0. The lowest BCUT2D eigenvalue weighted by Crippen LogP contribution is -2.40. The zero-order valence-electron chi connectivity index (χ0n) is 57.7. The number of aryl methyl sites for hydroxylation is 1. The van der Waals surface area contributed by atoms with E-state index in [2.05, 4.69) is 212 Å². The number of pyridine rings is 1. The Hall–Kier alpha value is -7.84. The SMILES string of the molecule is CC(C)c1cncc(CCC(=O)[C@@H]2CCCN2C(=O)OCc2ccccc2)c1.CCC1OB(O)c2ccc(C(C)C)cc21.COC(=O)[C@H]1CN(Cc2ccccc2)CC1c1ccc(C(C)C)cc1.C[C@H]1CN(Cc2ccccc2)CC1c1cccc(C(C)(C)C)c1.O=C=O. The minimum absolute atomic E-state index is 0.0636. The van der Waals surface area contributed by atoms with Crippen molar-refractivity contribution < 1.29 is 43.1 Å². The number of rotatable bonds is 17. The van der Waals surface area contributed by atoms with E-state index < -0.39 is 13.2 Å². The maximum Gasteiger partial charge on any atom is 0.491 e. The molecular weight excluding hydrogens is 1170 g/mol. The molecule has 13 nitrogen and oxygen atoms in total. The van der Waals surface area contributed by atoms with Crippen molar-refractivity contribution in [2.45, 2.75) is 175 Å². The normalized spacial score (nSPS) is 19.1. The number of Topliss-reactive ketones (excluding diaryl/α,β-unsaturated/α-hetero) is 1. The fourth-order valence-electron chi connectivity index (χ4n) is 13.0. The Labute approximate surface area is 560 Å². The highest BCUT2D eigenvalue weighted by molar-refractivity contribution is 6.61. The van der Waals surface area contributed by atoms with Gasteiger partial charge in [-0.25, -0.2) is 4.79 Å². The van der Waals surface area contributed by atoms with E-state index in [0.29, 0.717) is 55.4 Å². The van der Waals surface area contributed by atoms with Crippen LogP contribution >= 0.6 is 0 Å². The third kappa shape index (κ3) is 21.3. The number of nitrogens with zero attached hydrogens (tertiary/aromatic N) is 4. The molecule has 7 aromatic rings. The van der Waals surface area contributed by atoms with Crippen LogP contribution in [0, 0.1) is 11.8 Å². The van der Waals surface area contributed by atoms with Crippen molar-refractivity contribution in [1.29, 1.82) is 0 Å². The average molecular weight is 1270 g/mol. The van der Waals surface area contributed by atoms with Crippen molar-refractivity contribution in [3.05, 3.63) is 237 Å². The van der Waals surface area contributed by atoms with E-state index >= 15 is 0 Å². The van der Waals surface area contributed by atoms with Gasteiger partial charge in [-0.05, 0) is 121 Å². The molecule has 1 N–H and O–H groups in total. The van der Waals surface area contributed by atoms with Gasteiger partial charge in [0, 0.05) is 76.5 Å². The number of fused-ring (bicyclic) bond motifs is 1. The lowest BCUT2D eigenvalue weighted by atomic mass is 9.78. The first kappa shape index (κ1) is 73.6. The molecule has 0 spiro atoms. The molecule has 1 aromatic heterocycles. The van der Waals surface area contributed by atoms with E-state index in [1.807, 2.05) is 54.9 Å². The summed E-state index contributed by atoms with van der Waals surface area (Å²) in [7, 11) is 0.757. The molecule has 0 saturated carbocycles. The van der Waals surface area contributed by atoms with E-state index in [0.717, 1.165) is 61.2 Å². The highest BCUT2D eigenvalue weighted by Crippen LogP contribution is 2.37. The molecule has 3 unspecified atom stereocenters. The number of likely N-dealkylation sites (tertiary alicyclic amines) is 3. The molecule has 6 atom stereocenters. The summed E-state index contributed by atoms with van der Waals surface area (Å²) in [6.07, 6.45) is 7.12. The Bertz CT molecular complexity index is 3500. The Balaban J connectivity index is 0.000000178. The van der Waals surface area contributed by atoms with E-state index in [4.69, 9.17) is 23.7 Å². The smallest absolute Gasteiger partial charge is 0.469 e. The van der Waals surface area contributed by atoms with Crippen LogP contribution in [-0.4, -0.2) is 102 Å². The summed E-state index contributed by atoms with van der Waals surface area (Å²) >= 11 is 0. The molecule has 11 rings (SSSR count). The lowest BCUT2D eigenvalue weighted by molar-refractivity contribution is -0.191. The number of benzene rings is 6. The van der Waals surface area contributed by atoms with Crippen LogP contribution in [0.5, 0.6) is 0 Å². The van der Waals surface area contributed by atoms with Crippen LogP contribution in [0.15, 0.2) is 176 Å². The third-order valence-corrected chi connectivity index (χ3v) is 18.6. The van der Waals surface area contributed by atoms with Gasteiger partial charge >= 0.3 is 25.3 Å². The Morgan fingerprint density at radius 3 is 1.81 bits per heavy atom. The Morgan fingerprint density at radius 1 is 0.660 bits per heavy atom. The van der Waals surface area contributed by atoms with Crippen LogP contribution in [-0.2, 0) is 64.8 Å². The second kappa shape index (κ2) is 36.2. The molecule has 0 bridgehead atoms. The molecule has 3 saturated heterocycles. The number of ether oxygens (including phenoxy) is 2. The summed E-state index contributed by atoms with van der Waals surface area (Å²) in [6.45, 7) is 31.1. The molecule has 0 aliphatic carbocycles. The predicted molar refractivity (Wildman–Crippen MR) is 375 cm³/mol. The van der Waals surface area contributed by atoms with Crippen molar-refractivity contribution in [1.82, 2.24) is 19.7 Å². The second-order valence-electron chi connectivity index (χ2n) is 27.5. The van der Waals surface area contributed by atoms with Crippen molar-refractivity contribution in [2.24, 2.45) is 11.8 Å². The van der Waals surface area contributed by atoms with Crippen molar-refractivity contribution in [3.63, 3.8) is 0 Å². The van der Waals surface area contributed by atoms with Gasteiger partial charge in [0.2, 0.25) is 0 Å². The molecule has 4 aliphatic heterocycles. The van der Waals surface area contributed by atoms with Gasteiger partial charge < -0.3 is 19.2 Å². The summed E-state index contributed by atoms with van der Waals surface area (Å²) in [5, 5.41) is 9.69. The highest BCUT2D eigenvalue weighted by Gasteiger charge is 2.40. The first-order valence-corrected chi connectivity index (χ1v) is 33.8. The van der Waals surface area contributed by atoms with Gasteiger partial charge in [-0.1, -0.05) is 240 Å². The molecule has 6 aromatic carbocycles. The number of carbonyl (C=O) groups excluding carboxylic acids is 5. The maximum atomic E-state index is 12.8. The molecule has 14 heteroatoms. The number of hydrogen-bond donors (Lipinski definition) is 1. The van der Waals surface area contributed by atoms with Gasteiger partial charge in [-0.2, -0.15) is 9.59 Å². The number of aromatic nitrogens is 1. The maximum absolute atomic E-state index is 12.8. The minimum atomic E-state index is -0.730. The summed E-state index contributed by atoms with van der Waals surface area (Å²) in [5.74, 6) is 2.91. The molecule has 3 fully saturated rings. The molecule has 0 radical (unpaired) electrons. The average Bonchev–Trinajstić information content (AvgIpc) is 1.67. The van der Waals surface area contributed by atoms with Gasteiger partial charge in [0.25, 0.3) is 0 Å². The van der Waals surface area contributed by atoms with E-state index in [1.165, 1.54) is 64.7 Å². The number of hydrogen-bond acceptors (Lipinski definition) is 12. The monoisotopic (exact) mass is 1270 g/mol. The van der Waals surface area contributed by atoms with E-state index in [1.54, 1.807) is 4.90 Å². The quantitative estimate of drug-likeness (QED) is 0.0681. The minimum Gasteiger partial charge on any atom is -0.469 e. The second-order valence-corrected chi connectivity index (χ2v) is 27.5. The van der Waals surface area contributed by atoms with Gasteiger partial charge in [-0.15, -0.1) is 0 Å². The standard InChI is InChI=1S/C23H28N2O3.C22H27NO2.C22H29N.C12H17BO2.CO2/c1-17(2)20-13-19(14-24-15-20)10-11-22(26)21-9-6-12-25(21)23(27)28-16-18-7-4-3-5-8-18;1-16(2)18-9-11-19(12-10-18)20-14-23(15-21(20)22(24)25-3)13-17-7-5-4-6-8-17;1-17-14-23(15-18-9-6-5-7-10-18)16-21(17)19-11-8-12-20(13-19)22(2,3)4;1-4-12-10-7-9(8(2)3)5-6-11(10)13(14)15-12;2-1-3/h3-5,7-8,13-15,17,21H,6,9-12,16H2,1-2H3;4-12,16,20-21H,13-15H2,1-3H3;5-13,17,21H,14-16H2,1-4H3;5-8,12,14H,4H2,1-3H3;/t21-;20?,21-;17-,21?;;/m000../s1. The van der Waals surface area contributed by atoms with Gasteiger partial charge in [0.15, 0.2) is 5.78 Å². The van der Waals surface area contributed by atoms with Crippen molar-refractivity contribution in [3.8, 4) is 0 Å². The predicted octanol–water partition coefficient (Wildman–Crippen LogP) is 15.3. The number of esters is 1. The zero-order chi connectivity index (χ0) is 67.9. The fraction of sp³-hybridized carbons (Fsp3) is 0.438. The summed E-state index contributed by atoms with van der Waals surface area (Å²) in [6, 6.07) is 56.8. The number of methoxy groups -OCH3 is 1. The van der Waals surface area contributed by atoms with Crippen LogP contribution in [0.25, 0.3) is 0 Å².